The smallest absolute Gasteiger partial charge is 0.120 e. The number of nitrogens with zero attached hydrogens (tertiary/aromatic N) is 2. The zero-order valence-corrected chi connectivity index (χ0v) is 12.3. The molecule has 2 aromatic rings. The Kier molecular flexibility index (Phi) is 4.79. The van der Waals surface area contributed by atoms with E-state index in [1.807, 2.05) is 49.0 Å². The molecule has 0 aliphatic carbocycles. The van der Waals surface area contributed by atoms with Crippen molar-refractivity contribution in [3.8, 4) is 5.75 Å². The van der Waals surface area contributed by atoms with Crippen LogP contribution in [-0.4, -0.2) is 21.0 Å². The summed E-state index contributed by atoms with van der Waals surface area (Å²) in [5.74, 6) is 0.775. The van der Waals surface area contributed by atoms with Gasteiger partial charge in [-0.25, -0.2) is 0 Å². The van der Waals surface area contributed by atoms with Crippen molar-refractivity contribution in [1.29, 1.82) is 0 Å². The first kappa shape index (κ1) is 14.6. The fourth-order valence-electron chi connectivity index (χ4n) is 2.09. The first-order valence-electron chi connectivity index (χ1n) is 7.07. The first-order valence-corrected chi connectivity index (χ1v) is 7.07. The number of aromatic nitrogens is 2. The van der Waals surface area contributed by atoms with Gasteiger partial charge in [0.05, 0.1) is 12.3 Å². The van der Waals surface area contributed by atoms with Crippen LogP contribution in [0.15, 0.2) is 36.7 Å². The number of benzene rings is 1. The normalized spacial score (nSPS) is 12.7. The molecule has 0 saturated carbocycles. The molecular formula is C16H22N2O2. The van der Waals surface area contributed by atoms with Crippen molar-refractivity contribution in [3.05, 3.63) is 47.8 Å². The molecule has 0 fully saturated rings. The van der Waals surface area contributed by atoms with Crippen molar-refractivity contribution < 1.29 is 9.84 Å². The van der Waals surface area contributed by atoms with Crippen LogP contribution in [0.1, 0.15) is 44.4 Å². The molecule has 108 valence electrons. The van der Waals surface area contributed by atoms with Crippen molar-refractivity contribution in [1.82, 2.24) is 9.78 Å². The fraction of sp³-hybridized carbons (Fsp3) is 0.438. The van der Waals surface area contributed by atoms with Crippen LogP contribution in [0.5, 0.6) is 5.75 Å². The molecule has 1 heterocycles. The second-order valence-corrected chi connectivity index (χ2v) is 5.18. The number of hydrogen-bond donors (Lipinski definition) is 1. The van der Waals surface area contributed by atoms with E-state index in [0.717, 1.165) is 29.8 Å². The molecule has 0 radical (unpaired) electrons. The largest absolute Gasteiger partial charge is 0.491 e. The Morgan fingerprint density at radius 2 is 2.10 bits per heavy atom. The minimum absolute atomic E-state index is 0.120. The van der Waals surface area contributed by atoms with Gasteiger partial charge in [0.15, 0.2) is 0 Å². The highest BCUT2D eigenvalue weighted by Crippen LogP contribution is 2.25. The topological polar surface area (TPSA) is 47.3 Å². The summed E-state index contributed by atoms with van der Waals surface area (Å²) in [6.45, 7) is 6.93. The van der Waals surface area contributed by atoms with Gasteiger partial charge in [-0.15, -0.1) is 0 Å². The molecule has 1 atom stereocenters. The van der Waals surface area contributed by atoms with Crippen LogP contribution in [0, 0.1) is 0 Å². The average Bonchev–Trinajstić information content (AvgIpc) is 2.86. The van der Waals surface area contributed by atoms with Gasteiger partial charge in [0, 0.05) is 18.3 Å². The monoisotopic (exact) mass is 274 g/mol. The van der Waals surface area contributed by atoms with Gasteiger partial charge in [-0.1, -0.05) is 19.1 Å². The molecule has 1 aromatic heterocycles. The molecule has 1 N–H and O–H groups in total. The lowest BCUT2D eigenvalue weighted by atomic mass is 10.0. The van der Waals surface area contributed by atoms with E-state index in [2.05, 4.69) is 12.0 Å². The molecule has 0 saturated heterocycles. The third-order valence-electron chi connectivity index (χ3n) is 2.97. The van der Waals surface area contributed by atoms with E-state index < -0.39 is 6.10 Å². The van der Waals surface area contributed by atoms with Crippen LogP contribution in [0.4, 0.5) is 0 Å². The Bertz CT molecular complexity index is 549. The zero-order valence-electron chi connectivity index (χ0n) is 12.3. The van der Waals surface area contributed by atoms with Gasteiger partial charge < -0.3 is 9.84 Å². The summed E-state index contributed by atoms with van der Waals surface area (Å²) in [4.78, 5) is 0. The second kappa shape index (κ2) is 6.57. The summed E-state index contributed by atoms with van der Waals surface area (Å²) in [5.41, 5.74) is 1.62. The third kappa shape index (κ3) is 3.61. The number of aliphatic hydroxyl groups excluding tert-OH is 1. The molecule has 0 aliphatic heterocycles. The number of aliphatic hydroxyl groups is 1. The zero-order chi connectivity index (χ0) is 14.5. The van der Waals surface area contributed by atoms with Crippen molar-refractivity contribution in [2.24, 2.45) is 0 Å². The van der Waals surface area contributed by atoms with Crippen LogP contribution < -0.4 is 4.74 Å². The SMILES string of the molecule is CCCn1cc(C(O)c2cccc(OC(C)C)c2)cn1. The molecule has 1 unspecified atom stereocenters. The van der Waals surface area contributed by atoms with E-state index in [4.69, 9.17) is 4.74 Å². The molecule has 2 rings (SSSR count). The van der Waals surface area contributed by atoms with Gasteiger partial charge in [-0.05, 0) is 38.0 Å². The summed E-state index contributed by atoms with van der Waals surface area (Å²) in [6, 6.07) is 7.57. The summed E-state index contributed by atoms with van der Waals surface area (Å²) < 4.78 is 7.51. The van der Waals surface area contributed by atoms with Gasteiger partial charge in [-0.2, -0.15) is 5.10 Å². The molecule has 20 heavy (non-hydrogen) atoms. The van der Waals surface area contributed by atoms with Gasteiger partial charge >= 0.3 is 0 Å². The average molecular weight is 274 g/mol. The number of ether oxygens (including phenoxy) is 1. The maximum Gasteiger partial charge on any atom is 0.120 e. The summed E-state index contributed by atoms with van der Waals surface area (Å²) in [6.07, 6.45) is 4.08. The highest BCUT2D eigenvalue weighted by molar-refractivity contribution is 5.34. The van der Waals surface area contributed by atoms with E-state index in [0.29, 0.717) is 0 Å². The molecule has 0 aliphatic rings. The van der Waals surface area contributed by atoms with Gasteiger partial charge in [0.1, 0.15) is 11.9 Å². The molecule has 1 aromatic carbocycles. The van der Waals surface area contributed by atoms with Crippen molar-refractivity contribution in [2.75, 3.05) is 0 Å². The van der Waals surface area contributed by atoms with Crippen LogP contribution in [0.3, 0.4) is 0 Å². The minimum atomic E-state index is -0.670. The van der Waals surface area contributed by atoms with E-state index in [1.54, 1.807) is 6.20 Å². The van der Waals surface area contributed by atoms with Gasteiger partial charge in [0.2, 0.25) is 0 Å². The molecule has 4 nitrogen and oxygen atoms in total. The highest BCUT2D eigenvalue weighted by atomic mass is 16.5. The quantitative estimate of drug-likeness (QED) is 0.880. The van der Waals surface area contributed by atoms with Crippen molar-refractivity contribution in [3.63, 3.8) is 0 Å². The Morgan fingerprint density at radius 3 is 2.80 bits per heavy atom. The van der Waals surface area contributed by atoms with Crippen LogP contribution >= 0.6 is 0 Å². The number of aryl methyl sites for hydroxylation is 1. The van der Waals surface area contributed by atoms with Crippen molar-refractivity contribution in [2.45, 2.75) is 45.9 Å². The molecule has 4 heteroatoms. The molecule has 0 amide bonds. The number of rotatable bonds is 6. The van der Waals surface area contributed by atoms with Gasteiger partial charge in [0.25, 0.3) is 0 Å². The van der Waals surface area contributed by atoms with E-state index in [-0.39, 0.29) is 6.10 Å². The summed E-state index contributed by atoms with van der Waals surface area (Å²) in [5, 5.41) is 14.7. The Morgan fingerprint density at radius 1 is 1.30 bits per heavy atom. The predicted molar refractivity (Wildman–Crippen MR) is 78.8 cm³/mol. The van der Waals surface area contributed by atoms with Crippen molar-refractivity contribution >= 4 is 0 Å². The standard InChI is InChI=1S/C16H22N2O2/c1-4-8-18-11-14(10-17-18)16(19)13-6-5-7-15(9-13)20-12(2)3/h5-7,9-12,16,19H,4,8H2,1-3H3. The maximum atomic E-state index is 10.4. The van der Waals surface area contributed by atoms with Gasteiger partial charge in [-0.3, -0.25) is 4.68 Å². The van der Waals surface area contributed by atoms with Crippen LogP contribution in [-0.2, 0) is 6.54 Å². The Hall–Kier alpha value is -1.81. The lowest BCUT2D eigenvalue weighted by Crippen LogP contribution is -2.06. The lowest BCUT2D eigenvalue weighted by molar-refractivity contribution is 0.216. The fourth-order valence-corrected chi connectivity index (χ4v) is 2.09. The van der Waals surface area contributed by atoms with Crippen LogP contribution in [0.2, 0.25) is 0 Å². The first-order chi connectivity index (χ1) is 9.60. The summed E-state index contributed by atoms with van der Waals surface area (Å²) in [7, 11) is 0. The molecule has 0 bridgehead atoms. The third-order valence-corrected chi connectivity index (χ3v) is 2.97. The Labute approximate surface area is 120 Å². The van der Waals surface area contributed by atoms with E-state index >= 15 is 0 Å². The minimum Gasteiger partial charge on any atom is -0.491 e. The van der Waals surface area contributed by atoms with E-state index in [1.165, 1.54) is 0 Å². The van der Waals surface area contributed by atoms with E-state index in [9.17, 15) is 5.11 Å². The molecule has 0 spiro atoms. The highest BCUT2D eigenvalue weighted by Gasteiger charge is 2.13. The second-order valence-electron chi connectivity index (χ2n) is 5.18. The van der Waals surface area contributed by atoms with Crippen LogP contribution in [0.25, 0.3) is 0 Å². The summed E-state index contributed by atoms with van der Waals surface area (Å²) >= 11 is 0. The molecular weight excluding hydrogens is 252 g/mol. The number of hydrogen-bond acceptors (Lipinski definition) is 3. The Balaban J connectivity index is 2.16. The lowest BCUT2D eigenvalue weighted by Gasteiger charge is -2.13. The predicted octanol–water partition coefficient (Wildman–Crippen LogP) is 3.16. The maximum absolute atomic E-state index is 10.4.